The maximum atomic E-state index is 13.8. The highest BCUT2D eigenvalue weighted by molar-refractivity contribution is 7.10. The molecule has 0 bridgehead atoms. The maximum absolute atomic E-state index is 13.8. The molecule has 0 unspecified atom stereocenters. The van der Waals surface area contributed by atoms with Crippen molar-refractivity contribution in [1.82, 2.24) is 5.32 Å². The van der Waals surface area contributed by atoms with Crippen LogP contribution in [0, 0.1) is 6.92 Å². The van der Waals surface area contributed by atoms with Crippen molar-refractivity contribution in [3.63, 3.8) is 0 Å². The third kappa shape index (κ3) is 5.65. The molecule has 0 radical (unpaired) electrons. The monoisotopic (exact) mass is 482 g/mol. The van der Waals surface area contributed by atoms with Crippen LogP contribution in [0.15, 0.2) is 53.2 Å². The first-order valence-corrected chi connectivity index (χ1v) is 13.2. The van der Waals surface area contributed by atoms with E-state index >= 15 is 0 Å². The molecule has 4 rings (SSSR count). The average Bonchev–Trinajstić information content (AvgIpc) is 3.49. The molecule has 1 N–H and O–H groups in total. The van der Waals surface area contributed by atoms with Crippen molar-refractivity contribution in [2.75, 3.05) is 12.0 Å². The van der Waals surface area contributed by atoms with Crippen LogP contribution in [0.1, 0.15) is 53.5 Å². The number of aryl methyl sites for hydroxylation is 1. The van der Waals surface area contributed by atoms with Crippen molar-refractivity contribution >= 4 is 40.2 Å². The lowest BCUT2D eigenvalue weighted by Gasteiger charge is -2.33. The third-order valence-corrected chi connectivity index (χ3v) is 8.08. The van der Waals surface area contributed by atoms with Gasteiger partial charge in [-0.1, -0.05) is 25.3 Å². The number of anilines is 1. The molecular weight excluding hydrogens is 452 g/mol. The van der Waals surface area contributed by atoms with Gasteiger partial charge in [0.25, 0.3) is 0 Å². The van der Waals surface area contributed by atoms with Crippen LogP contribution in [0.3, 0.4) is 0 Å². The molecule has 1 aromatic carbocycles. The van der Waals surface area contributed by atoms with Gasteiger partial charge in [0.05, 0.1) is 13.5 Å². The summed E-state index contributed by atoms with van der Waals surface area (Å²) < 4.78 is 5.32. The molecule has 3 aromatic rings. The second-order valence-electron chi connectivity index (χ2n) is 8.43. The van der Waals surface area contributed by atoms with E-state index in [2.05, 4.69) is 5.32 Å². The quantitative estimate of drug-likeness (QED) is 0.435. The summed E-state index contributed by atoms with van der Waals surface area (Å²) in [5.74, 6) is 0.502. The van der Waals surface area contributed by atoms with Gasteiger partial charge < -0.3 is 10.1 Å². The molecule has 1 fully saturated rings. The SMILES string of the molecule is COc1ccc(N(C(=O)Cc2cccs2)[C@@H](C(=O)NC2CCCCC2)c2sccc2C)cc1. The van der Waals surface area contributed by atoms with E-state index in [0.29, 0.717) is 11.4 Å². The molecule has 1 atom stereocenters. The van der Waals surface area contributed by atoms with Crippen molar-refractivity contribution in [2.45, 2.75) is 57.5 Å². The zero-order valence-electron chi connectivity index (χ0n) is 19.1. The molecule has 174 valence electrons. The van der Waals surface area contributed by atoms with Gasteiger partial charge in [-0.05, 0) is 72.5 Å². The highest BCUT2D eigenvalue weighted by Crippen LogP contribution is 2.35. The van der Waals surface area contributed by atoms with E-state index in [0.717, 1.165) is 41.0 Å². The van der Waals surface area contributed by atoms with Crippen LogP contribution in [0.2, 0.25) is 0 Å². The van der Waals surface area contributed by atoms with Gasteiger partial charge in [-0.3, -0.25) is 14.5 Å². The second kappa shape index (κ2) is 11.0. The highest BCUT2D eigenvalue weighted by atomic mass is 32.1. The molecule has 2 amide bonds. The fraction of sp³-hybridized carbons (Fsp3) is 0.385. The van der Waals surface area contributed by atoms with Crippen LogP contribution >= 0.6 is 22.7 Å². The summed E-state index contributed by atoms with van der Waals surface area (Å²) in [6.07, 6.45) is 5.72. The van der Waals surface area contributed by atoms with E-state index in [-0.39, 0.29) is 24.3 Å². The summed E-state index contributed by atoms with van der Waals surface area (Å²) in [6.45, 7) is 2.00. The fourth-order valence-electron chi connectivity index (χ4n) is 4.37. The molecule has 2 heterocycles. The molecule has 0 spiro atoms. The number of carbonyl (C=O) groups is 2. The van der Waals surface area contributed by atoms with E-state index in [4.69, 9.17) is 4.74 Å². The Morgan fingerprint density at radius 3 is 2.42 bits per heavy atom. The Kier molecular flexibility index (Phi) is 7.83. The summed E-state index contributed by atoms with van der Waals surface area (Å²) in [4.78, 5) is 31.1. The number of benzene rings is 1. The van der Waals surface area contributed by atoms with E-state index < -0.39 is 6.04 Å². The number of rotatable bonds is 8. The zero-order chi connectivity index (χ0) is 23.2. The van der Waals surface area contributed by atoms with Crippen LogP contribution in [0.25, 0.3) is 0 Å². The Bertz CT molecular complexity index is 1050. The molecule has 5 nitrogen and oxygen atoms in total. The number of amides is 2. The van der Waals surface area contributed by atoms with E-state index in [1.54, 1.807) is 23.3 Å². The molecule has 1 saturated carbocycles. The van der Waals surface area contributed by atoms with Gasteiger partial charge in [-0.25, -0.2) is 0 Å². The van der Waals surface area contributed by atoms with Gasteiger partial charge in [-0.15, -0.1) is 22.7 Å². The average molecular weight is 483 g/mol. The van der Waals surface area contributed by atoms with Gasteiger partial charge in [-0.2, -0.15) is 0 Å². The summed E-state index contributed by atoms with van der Waals surface area (Å²) >= 11 is 3.08. The molecule has 2 aromatic heterocycles. The van der Waals surface area contributed by atoms with Crippen LogP contribution in [0.5, 0.6) is 5.75 Å². The third-order valence-electron chi connectivity index (χ3n) is 6.13. The summed E-state index contributed by atoms with van der Waals surface area (Å²) in [6, 6.07) is 12.7. The van der Waals surface area contributed by atoms with Crippen molar-refractivity contribution in [1.29, 1.82) is 0 Å². The summed E-state index contributed by atoms with van der Waals surface area (Å²) in [5, 5.41) is 7.23. The largest absolute Gasteiger partial charge is 0.497 e. The van der Waals surface area contributed by atoms with Gasteiger partial charge in [0.2, 0.25) is 11.8 Å². The normalized spacial score (nSPS) is 15.1. The number of ether oxygens (including phenoxy) is 1. The van der Waals surface area contributed by atoms with Crippen LogP contribution in [-0.2, 0) is 16.0 Å². The Balaban J connectivity index is 1.73. The number of methoxy groups -OCH3 is 1. The van der Waals surface area contributed by atoms with E-state index in [9.17, 15) is 9.59 Å². The molecule has 0 aliphatic heterocycles. The maximum Gasteiger partial charge on any atom is 0.248 e. The molecule has 7 heteroatoms. The van der Waals surface area contributed by atoms with Gasteiger partial charge >= 0.3 is 0 Å². The highest BCUT2D eigenvalue weighted by Gasteiger charge is 2.35. The lowest BCUT2D eigenvalue weighted by molar-refractivity contribution is -0.127. The van der Waals surface area contributed by atoms with Crippen molar-refractivity contribution < 1.29 is 14.3 Å². The van der Waals surface area contributed by atoms with Gasteiger partial charge in [0.15, 0.2) is 0 Å². The first kappa shape index (κ1) is 23.5. The number of carbonyl (C=O) groups excluding carboxylic acids is 2. The lowest BCUT2D eigenvalue weighted by Crippen LogP contribution is -2.47. The topological polar surface area (TPSA) is 58.6 Å². The van der Waals surface area contributed by atoms with Crippen molar-refractivity contribution in [3.8, 4) is 5.75 Å². The Hall–Kier alpha value is -2.64. The van der Waals surface area contributed by atoms with Crippen LogP contribution in [-0.4, -0.2) is 25.0 Å². The van der Waals surface area contributed by atoms with Gasteiger partial charge in [0, 0.05) is 21.5 Å². The minimum absolute atomic E-state index is 0.0980. The predicted molar refractivity (Wildman–Crippen MR) is 135 cm³/mol. The molecule has 1 aliphatic carbocycles. The minimum atomic E-state index is -0.715. The second-order valence-corrected chi connectivity index (χ2v) is 10.4. The Morgan fingerprint density at radius 2 is 1.82 bits per heavy atom. The lowest BCUT2D eigenvalue weighted by atomic mass is 9.95. The van der Waals surface area contributed by atoms with Crippen LogP contribution < -0.4 is 15.0 Å². The number of hydrogen-bond donors (Lipinski definition) is 1. The first-order valence-electron chi connectivity index (χ1n) is 11.4. The fourth-order valence-corrected chi connectivity index (χ4v) is 6.08. The summed E-state index contributed by atoms with van der Waals surface area (Å²) in [7, 11) is 1.62. The minimum Gasteiger partial charge on any atom is -0.497 e. The van der Waals surface area contributed by atoms with Gasteiger partial charge in [0.1, 0.15) is 11.8 Å². The number of thiophene rings is 2. The zero-order valence-corrected chi connectivity index (χ0v) is 20.7. The van der Waals surface area contributed by atoms with Crippen LogP contribution in [0.4, 0.5) is 5.69 Å². The summed E-state index contributed by atoms with van der Waals surface area (Å²) in [5.41, 5.74) is 1.71. The number of nitrogens with one attached hydrogen (secondary N) is 1. The molecular formula is C26H30N2O3S2. The standard InChI is InChI=1S/C26H30N2O3S2/c1-18-14-16-33-25(18)24(26(30)27-19-7-4-3-5-8-19)28(20-10-12-21(31-2)13-11-20)23(29)17-22-9-6-15-32-22/h6,9-16,19,24H,3-5,7-8,17H2,1-2H3,(H,27,30)/t24-/m1/s1. The number of hydrogen-bond acceptors (Lipinski definition) is 5. The molecule has 33 heavy (non-hydrogen) atoms. The van der Waals surface area contributed by atoms with Crippen molar-refractivity contribution in [3.05, 3.63) is 68.5 Å². The van der Waals surface area contributed by atoms with E-state index in [1.807, 2.05) is 60.1 Å². The molecule has 0 saturated heterocycles. The van der Waals surface area contributed by atoms with E-state index in [1.165, 1.54) is 17.8 Å². The first-order chi connectivity index (χ1) is 16.1. The Labute approximate surface area is 203 Å². The molecule has 1 aliphatic rings. The number of nitrogens with zero attached hydrogens (tertiary/aromatic N) is 1. The van der Waals surface area contributed by atoms with Crippen molar-refractivity contribution in [2.24, 2.45) is 0 Å². The predicted octanol–water partition coefficient (Wildman–Crippen LogP) is 5.89. The Morgan fingerprint density at radius 1 is 1.06 bits per heavy atom. The smallest absolute Gasteiger partial charge is 0.248 e.